The first kappa shape index (κ1) is 12.6. The van der Waals surface area contributed by atoms with Crippen molar-refractivity contribution in [2.45, 2.75) is 32.1 Å². The van der Waals surface area contributed by atoms with Gasteiger partial charge in [-0.15, -0.1) is 0 Å². The van der Waals surface area contributed by atoms with E-state index in [1.165, 1.54) is 56.6 Å². The molecule has 1 heterocycles. The lowest BCUT2D eigenvalue weighted by molar-refractivity contribution is 0.504. The number of allylic oxidation sites excluding steroid dienone is 2. The third-order valence-electron chi connectivity index (χ3n) is 4.29. The molecule has 0 spiro atoms. The molecule has 0 amide bonds. The number of rotatable bonds is 4. The Morgan fingerprint density at radius 2 is 2.05 bits per heavy atom. The second kappa shape index (κ2) is 6.14. The Labute approximate surface area is 116 Å². The molecule has 2 heteroatoms. The van der Waals surface area contributed by atoms with Gasteiger partial charge in [-0.2, -0.15) is 0 Å². The van der Waals surface area contributed by atoms with Crippen molar-refractivity contribution in [2.24, 2.45) is 5.92 Å². The first-order chi connectivity index (χ1) is 9.42. The number of hydrogen-bond acceptors (Lipinski definition) is 2. The van der Waals surface area contributed by atoms with Crippen LogP contribution in [0.15, 0.2) is 36.4 Å². The molecule has 102 valence electrons. The van der Waals surface area contributed by atoms with Gasteiger partial charge in [-0.3, -0.25) is 0 Å². The first-order valence-corrected chi connectivity index (χ1v) is 7.66. The van der Waals surface area contributed by atoms with Gasteiger partial charge in [-0.1, -0.05) is 18.2 Å². The van der Waals surface area contributed by atoms with Crippen LogP contribution < -0.4 is 10.2 Å². The highest BCUT2D eigenvalue weighted by Gasteiger charge is 2.13. The second-order valence-electron chi connectivity index (χ2n) is 5.78. The zero-order chi connectivity index (χ0) is 12.9. The van der Waals surface area contributed by atoms with E-state index in [4.69, 9.17) is 0 Å². The maximum Gasteiger partial charge on any atom is 0.0386 e. The van der Waals surface area contributed by atoms with E-state index in [9.17, 15) is 0 Å². The minimum absolute atomic E-state index is 0.806. The van der Waals surface area contributed by atoms with Crippen molar-refractivity contribution >= 4 is 11.4 Å². The first-order valence-electron chi connectivity index (χ1n) is 7.66. The molecule has 0 aromatic heterocycles. The quantitative estimate of drug-likeness (QED) is 0.817. The summed E-state index contributed by atoms with van der Waals surface area (Å²) in [6.07, 6.45) is 11.1. The molecule has 1 fully saturated rings. The highest BCUT2D eigenvalue weighted by atomic mass is 15.1. The van der Waals surface area contributed by atoms with Crippen molar-refractivity contribution in [1.29, 1.82) is 0 Å². The smallest absolute Gasteiger partial charge is 0.0386 e. The summed E-state index contributed by atoms with van der Waals surface area (Å²) in [6, 6.07) is 8.92. The van der Waals surface area contributed by atoms with Crippen molar-refractivity contribution < 1.29 is 0 Å². The minimum Gasteiger partial charge on any atom is -0.385 e. The van der Waals surface area contributed by atoms with Gasteiger partial charge in [0.25, 0.3) is 0 Å². The zero-order valence-corrected chi connectivity index (χ0v) is 11.6. The standard InChI is InChI=1S/C17H24N2/c1-2-7-15(8-3-1)14-18-16-9-6-10-17(13-16)19-11-4-5-12-19/h1-2,6,9-10,13,15,18H,3-5,7-8,11-12,14H2. The average molecular weight is 256 g/mol. The number of anilines is 2. The Hall–Kier alpha value is -1.44. The molecule has 0 bridgehead atoms. The minimum atomic E-state index is 0.806. The van der Waals surface area contributed by atoms with Crippen LogP contribution in [0.4, 0.5) is 11.4 Å². The summed E-state index contributed by atoms with van der Waals surface area (Å²) >= 11 is 0. The molecule has 1 aliphatic carbocycles. The summed E-state index contributed by atoms with van der Waals surface area (Å²) in [7, 11) is 0. The van der Waals surface area contributed by atoms with Gasteiger partial charge in [0.2, 0.25) is 0 Å². The van der Waals surface area contributed by atoms with Gasteiger partial charge in [-0.05, 0) is 56.2 Å². The third-order valence-corrected chi connectivity index (χ3v) is 4.29. The van der Waals surface area contributed by atoms with Gasteiger partial charge in [-0.25, -0.2) is 0 Å². The molecule has 1 atom stereocenters. The summed E-state index contributed by atoms with van der Waals surface area (Å²) < 4.78 is 0. The SMILES string of the molecule is C1=CCC(CNc2cccc(N3CCCC3)c2)CC1. The van der Waals surface area contributed by atoms with E-state index in [1.807, 2.05) is 0 Å². The molecule has 2 aliphatic rings. The Kier molecular flexibility index (Phi) is 4.07. The lowest BCUT2D eigenvalue weighted by Gasteiger charge is -2.21. The van der Waals surface area contributed by atoms with Gasteiger partial charge in [0.05, 0.1) is 0 Å². The van der Waals surface area contributed by atoms with Crippen molar-refractivity contribution in [3.8, 4) is 0 Å². The van der Waals surface area contributed by atoms with Crippen LogP contribution in [0.1, 0.15) is 32.1 Å². The molecule has 0 radical (unpaired) electrons. The summed E-state index contributed by atoms with van der Waals surface area (Å²) in [5.41, 5.74) is 2.66. The highest BCUT2D eigenvalue weighted by molar-refractivity contribution is 5.58. The predicted octanol–water partition coefficient (Wildman–Crippen LogP) is 4.06. The fourth-order valence-corrected chi connectivity index (χ4v) is 3.09. The fraction of sp³-hybridized carbons (Fsp3) is 0.529. The molecule has 1 unspecified atom stereocenters. The molecule has 1 aliphatic heterocycles. The van der Waals surface area contributed by atoms with Crippen LogP contribution in [0.5, 0.6) is 0 Å². The summed E-state index contributed by atoms with van der Waals surface area (Å²) in [5.74, 6) is 0.806. The van der Waals surface area contributed by atoms with E-state index < -0.39 is 0 Å². The summed E-state index contributed by atoms with van der Waals surface area (Å²) in [5, 5.41) is 3.62. The Balaban J connectivity index is 1.58. The largest absolute Gasteiger partial charge is 0.385 e. The Morgan fingerprint density at radius 1 is 1.16 bits per heavy atom. The van der Waals surface area contributed by atoms with Crippen molar-refractivity contribution in [3.63, 3.8) is 0 Å². The van der Waals surface area contributed by atoms with Gasteiger partial charge in [0.15, 0.2) is 0 Å². The van der Waals surface area contributed by atoms with Gasteiger partial charge in [0, 0.05) is 31.0 Å². The van der Waals surface area contributed by atoms with E-state index in [0.29, 0.717) is 0 Å². The molecular formula is C17H24N2. The second-order valence-corrected chi connectivity index (χ2v) is 5.78. The van der Waals surface area contributed by atoms with Crippen LogP contribution in [0, 0.1) is 5.92 Å². The molecule has 1 saturated heterocycles. The summed E-state index contributed by atoms with van der Waals surface area (Å²) in [6.45, 7) is 3.54. The lowest BCUT2D eigenvalue weighted by Crippen LogP contribution is -2.18. The normalized spacial score (nSPS) is 22.7. The van der Waals surface area contributed by atoms with Gasteiger partial charge >= 0.3 is 0 Å². The van der Waals surface area contributed by atoms with E-state index in [0.717, 1.165) is 12.5 Å². The maximum absolute atomic E-state index is 3.62. The van der Waals surface area contributed by atoms with Crippen molar-refractivity contribution in [3.05, 3.63) is 36.4 Å². The molecule has 0 saturated carbocycles. The van der Waals surface area contributed by atoms with E-state index in [-0.39, 0.29) is 0 Å². The summed E-state index contributed by atoms with van der Waals surface area (Å²) in [4.78, 5) is 2.49. The molecule has 2 nitrogen and oxygen atoms in total. The van der Waals surface area contributed by atoms with E-state index >= 15 is 0 Å². The van der Waals surface area contributed by atoms with Crippen LogP contribution in [0.25, 0.3) is 0 Å². The lowest BCUT2D eigenvalue weighted by atomic mass is 9.94. The fourth-order valence-electron chi connectivity index (χ4n) is 3.09. The molecular weight excluding hydrogens is 232 g/mol. The van der Waals surface area contributed by atoms with Crippen LogP contribution in [0.2, 0.25) is 0 Å². The predicted molar refractivity (Wildman–Crippen MR) is 82.9 cm³/mol. The van der Waals surface area contributed by atoms with Crippen LogP contribution in [-0.2, 0) is 0 Å². The Bertz CT molecular complexity index is 433. The third kappa shape index (κ3) is 3.31. The topological polar surface area (TPSA) is 15.3 Å². The maximum atomic E-state index is 3.62. The molecule has 19 heavy (non-hydrogen) atoms. The molecule has 1 aromatic carbocycles. The van der Waals surface area contributed by atoms with Gasteiger partial charge < -0.3 is 10.2 Å². The van der Waals surface area contributed by atoms with E-state index in [1.54, 1.807) is 0 Å². The van der Waals surface area contributed by atoms with Crippen molar-refractivity contribution in [1.82, 2.24) is 0 Å². The monoisotopic (exact) mass is 256 g/mol. The molecule has 1 N–H and O–H groups in total. The van der Waals surface area contributed by atoms with Gasteiger partial charge in [0.1, 0.15) is 0 Å². The number of hydrogen-bond donors (Lipinski definition) is 1. The highest BCUT2D eigenvalue weighted by Crippen LogP contribution is 2.24. The number of benzene rings is 1. The average Bonchev–Trinajstić information content (AvgIpc) is 3.01. The van der Waals surface area contributed by atoms with Crippen LogP contribution in [0.3, 0.4) is 0 Å². The number of nitrogens with one attached hydrogen (secondary N) is 1. The molecule has 1 aromatic rings. The van der Waals surface area contributed by atoms with Crippen LogP contribution in [-0.4, -0.2) is 19.6 Å². The number of nitrogens with zero attached hydrogens (tertiary/aromatic N) is 1. The van der Waals surface area contributed by atoms with Crippen LogP contribution >= 0.6 is 0 Å². The Morgan fingerprint density at radius 3 is 2.84 bits per heavy atom. The van der Waals surface area contributed by atoms with Crippen molar-refractivity contribution in [2.75, 3.05) is 29.9 Å². The van der Waals surface area contributed by atoms with E-state index in [2.05, 4.69) is 46.6 Å². The molecule has 3 rings (SSSR count). The zero-order valence-electron chi connectivity index (χ0n) is 11.6.